The molecule has 0 aliphatic carbocycles. The van der Waals surface area contributed by atoms with Gasteiger partial charge in [-0.25, -0.2) is 0 Å². The van der Waals surface area contributed by atoms with Gasteiger partial charge in [0.1, 0.15) is 0 Å². The number of rotatable bonds is 4. The van der Waals surface area contributed by atoms with Gasteiger partial charge >= 0.3 is 0 Å². The molecule has 2 aromatic carbocycles. The highest BCUT2D eigenvalue weighted by Gasteiger charge is 2.10. The third-order valence-corrected chi connectivity index (χ3v) is 3.52. The van der Waals surface area contributed by atoms with E-state index in [9.17, 15) is 4.79 Å². The maximum atomic E-state index is 12.0. The van der Waals surface area contributed by atoms with Crippen LogP contribution in [0.5, 0.6) is 0 Å². The molecule has 2 rings (SSSR count). The van der Waals surface area contributed by atoms with E-state index < -0.39 is 0 Å². The van der Waals surface area contributed by atoms with Gasteiger partial charge in [-0.3, -0.25) is 4.79 Å². The van der Waals surface area contributed by atoms with Crippen LogP contribution in [0.25, 0.3) is 0 Å². The fourth-order valence-electron chi connectivity index (χ4n) is 1.92. The average molecular weight is 318 g/mol. The Morgan fingerprint density at radius 2 is 1.74 bits per heavy atom. The quantitative estimate of drug-likeness (QED) is 0.878. The fourth-order valence-corrected chi connectivity index (χ4v) is 2.19. The van der Waals surface area contributed by atoms with E-state index in [0.29, 0.717) is 6.42 Å². The Labute approximate surface area is 122 Å². The van der Waals surface area contributed by atoms with Gasteiger partial charge in [-0.1, -0.05) is 53.2 Å². The van der Waals surface area contributed by atoms with Gasteiger partial charge in [0.25, 0.3) is 0 Å². The van der Waals surface area contributed by atoms with Crippen molar-refractivity contribution in [3.8, 4) is 0 Å². The largest absolute Gasteiger partial charge is 0.326 e. The summed E-state index contributed by atoms with van der Waals surface area (Å²) in [5, 5.41) is 2.91. The van der Waals surface area contributed by atoms with Gasteiger partial charge in [0.05, 0.1) is 0 Å². The van der Waals surface area contributed by atoms with Crippen LogP contribution in [-0.2, 0) is 4.79 Å². The molecule has 0 fully saturated rings. The average Bonchev–Trinajstić information content (AvgIpc) is 2.42. The lowest BCUT2D eigenvalue weighted by Gasteiger charge is -2.12. The first kappa shape index (κ1) is 13.8. The van der Waals surface area contributed by atoms with Crippen LogP contribution in [-0.4, -0.2) is 5.91 Å². The summed E-state index contributed by atoms with van der Waals surface area (Å²) in [6, 6.07) is 17.7. The molecule has 1 N–H and O–H groups in total. The van der Waals surface area contributed by atoms with Gasteiger partial charge in [0.2, 0.25) is 5.91 Å². The molecule has 98 valence electrons. The number of carbonyl (C=O) groups excluding carboxylic acids is 1. The van der Waals surface area contributed by atoms with E-state index in [1.54, 1.807) is 0 Å². The molecule has 2 nitrogen and oxygen atoms in total. The summed E-state index contributed by atoms with van der Waals surface area (Å²) in [6.07, 6.45) is 0.486. The summed E-state index contributed by atoms with van der Waals surface area (Å²) in [7, 11) is 0. The minimum absolute atomic E-state index is 0.0404. The highest BCUT2D eigenvalue weighted by molar-refractivity contribution is 9.10. The second kappa shape index (κ2) is 6.53. The Morgan fingerprint density at radius 1 is 1.11 bits per heavy atom. The number of halogens is 1. The van der Waals surface area contributed by atoms with Crippen molar-refractivity contribution in [2.75, 3.05) is 5.32 Å². The number of anilines is 1. The number of hydrogen-bond acceptors (Lipinski definition) is 1. The minimum atomic E-state index is 0.0404. The van der Waals surface area contributed by atoms with E-state index in [-0.39, 0.29) is 11.8 Å². The summed E-state index contributed by atoms with van der Waals surface area (Å²) in [6.45, 7) is 2.07. The minimum Gasteiger partial charge on any atom is -0.326 e. The summed E-state index contributed by atoms with van der Waals surface area (Å²) in [4.78, 5) is 12.0. The molecule has 0 aliphatic heterocycles. The van der Waals surface area contributed by atoms with Crippen molar-refractivity contribution < 1.29 is 4.79 Å². The van der Waals surface area contributed by atoms with Crippen molar-refractivity contribution in [1.29, 1.82) is 0 Å². The Balaban J connectivity index is 1.93. The molecule has 2 aromatic rings. The lowest BCUT2D eigenvalue weighted by Crippen LogP contribution is -2.14. The number of benzene rings is 2. The Hall–Kier alpha value is -1.61. The SMILES string of the molecule is C[C@@H](CC(=O)Nc1ccc(Br)cc1)c1ccccc1. The first-order valence-electron chi connectivity index (χ1n) is 6.25. The van der Waals surface area contributed by atoms with E-state index in [4.69, 9.17) is 0 Å². The van der Waals surface area contributed by atoms with Crippen molar-refractivity contribution in [1.82, 2.24) is 0 Å². The predicted molar refractivity (Wildman–Crippen MR) is 82.2 cm³/mol. The third kappa shape index (κ3) is 4.21. The van der Waals surface area contributed by atoms with E-state index in [1.807, 2.05) is 42.5 Å². The maximum absolute atomic E-state index is 12.0. The van der Waals surface area contributed by atoms with Crippen LogP contribution >= 0.6 is 15.9 Å². The van der Waals surface area contributed by atoms with Gasteiger partial charge in [0, 0.05) is 16.6 Å². The monoisotopic (exact) mass is 317 g/mol. The second-order valence-corrected chi connectivity index (χ2v) is 5.49. The lowest BCUT2D eigenvalue weighted by molar-refractivity contribution is -0.116. The van der Waals surface area contributed by atoms with Gasteiger partial charge in [-0.05, 0) is 35.7 Å². The normalized spacial score (nSPS) is 11.9. The molecule has 1 atom stereocenters. The first-order chi connectivity index (χ1) is 9.15. The van der Waals surface area contributed by atoms with Crippen molar-refractivity contribution in [3.63, 3.8) is 0 Å². The molecule has 0 aromatic heterocycles. The van der Waals surface area contributed by atoms with Gasteiger partial charge in [-0.15, -0.1) is 0 Å². The molecule has 0 heterocycles. The van der Waals surface area contributed by atoms with Crippen molar-refractivity contribution in [2.24, 2.45) is 0 Å². The van der Waals surface area contributed by atoms with Crippen molar-refractivity contribution in [3.05, 3.63) is 64.6 Å². The van der Waals surface area contributed by atoms with E-state index >= 15 is 0 Å². The van der Waals surface area contributed by atoms with Crippen LogP contribution in [0.2, 0.25) is 0 Å². The summed E-state index contributed by atoms with van der Waals surface area (Å²) < 4.78 is 1.00. The molecule has 0 radical (unpaired) electrons. The van der Waals surface area contributed by atoms with E-state index in [0.717, 1.165) is 10.2 Å². The lowest BCUT2D eigenvalue weighted by atomic mass is 9.97. The highest BCUT2D eigenvalue weighted by Crippen LogP contribution is 2.20. The van der Waals surface area contributed by atoms with E-state index in [2.05, 4.69) is 40.3 Å². The molecule has 3 heteroatoms. The molecule has 1 amide bonds. The van der Waals surface area contributed by atoms with Crippen LogP contribution in [0, 0.1) is 0 Å². The van der Waals surface area contributed by atoms with Crippen LogP contribution < -0.4 is 5.32 Å². The zero-order chi connectivity index (χ0) is 13.7. The fraction of sp³-hybridized carbons (Fsp3) is 0.188. The molecule has 0 saturated heterocycles. The Bertz CT molecular complexity index is 536. The Morgan fingerprint density at radius 3 is 2.37 bits per heavy atom. The van der Waals surface area contributed by atoms with E-state index in [1.165, 1.54) is 5.56 Å². The summed E-state index contributed by atoms with van der Waals surface area (Å²) in [5.74, 6) is 0.260. The number of amides is 1. The zero-order valence-electron chi connectivity index (χ0n) is 10.8. The molecular weight excluding hydrogens is 302 g/mol. The summed E-state index contributed by atoms with van der Waals surface area (Å²) in [5.41, 5.74) is 2.02. The predicted octanol–water partition coefficient (Wildman–Crippen LogP) is 4.58. The molecule has 19 heavy (non-hydrogen) atoms. The molecule has 0 bridgehead atoms. The smallest absolute Gasteiger partial charge is 0.224 e. The van der Waals surface area contributed by atoms with Gasteiger partial charge in [0.15, 0.2) is 0 Å². The van der Waals surface area contributed by atoms with Crippen LogP contribution in [0.15, 0.2) is 59.1 Å². The molecular formula is C16H16BrNO. The number of carbonyl (C=O) groups is 1. The van der Waals surface area contributed by atoms with Crippen LogP contribution in [0.4, 0.5) is 5.69 Å². The molecule has 0 aliphatic rings. The Kier molecular flexibility index (Phi) is 4.74. The zero-order valence-corrected chi connectivity index (χ0v) is 12.4. The molecule has 0 unspecified atom stereocenters. The second-order valence-electron chi connectivity index (χ2n) is 4.57. The maximum Gasteiger partial charge on any atom is 0.224 e. The molecule has 0 spiro atoms. The topological polar surface area (TPSA) is 29.1 Å². The summed E-state index contributed by atoms with van der Waals surface area (Å²) >= 11 is 3.37. The first-order valence-corrected chi connectivity index (χ1v) is 7.05. The number of hydrogen-bond donors (Lipinski definition) is 1. The van der Waals surface area contributed by atoms with Crippen LogP contribution in [0.3, 0.4) is 0 Å². The number of nitrogens with one attached hydrogen (secondary N) is 1. The highest BCUT2D eigenvalue weighted by atomic mass is 79.9. The van der Waals surface area contributed by atoms with Crippen molar-refractivity contribution in [2.45, 2.75) is 19.3 Å². The van der Waals surface area contributed by atoms with Crippen molar-refractivity contribution >= 4 is 27.5 Å². The molecule has 0 saturated carbocycles. The third-order valence-electron chi connectivity index (χ3n) is 2.99. The van der Waals surface area contributed by atoms with Crippen LogP contribution in [0.1, 0.15) is 24.8 Å². The van der Waals surface area contributed by atoms with Gasteiger partial charge < -0.3 is 5.32 Å². The standard InChI is InChI=1S/C16H16BrNO/c1-12(13-5-3-2-4-6-13)11-16(19)18-15-9-7-14(17)8-10-15/h2-10,12H,11H2,1H3,(H,18,19)/t12-/m0/s1. The van der Waals surface area contributed by atoms with Gasteiger partial charge in [-0.2, -0.15) is 0 Å².